The van der Waals surface area contributed by atoms with Crippen LogP contribution in [0.15, 0.2) is 42.5 Å². The summed E-state index contributed by atoms with van der Waals surface area (Å²) >= 11 is 1.41. The largest absolute Gasteiger partial charge is 0.308 e. The number of carbonyl (C=O) groups excluding carboxylic acids is 1. The number of thiazole rings is 1. The van der Waals surface area contributed by atoms with Gasteiger partial charge in [0.2, 0.25) is 0 Å². The Bertz CT molecular complexity index is 1010. The first-order valence-corrected chi connectivity index (χ1v) is 9.26. The van der Waals surface area contributed by atoms with Crippen molar-refractivity contribution in [1.29, 1.82) is 0 Å². The Labute approximate surface area is 173 Å². The molecule has 148 valence electrons. The van der Waals surface area contributed by atoms with Crippen molar-refractivity contribution in [1.82, 2.24) is 9.88 Å². The monoisotopic (exact) mass is 420 g/mol. The van der Waals surface area contributed by atoms with Crippen LogP contribution in [0.1, 0.15) is 15.9 Å². The predicted octanol–water partition coefficient (Wildman–Crippen LogP) is 4.14. The number of aromatic nitrogens is 1. The zero-order valence-corrected chi connectivity index (χ0v) is 17.4. The lowest BCUT2D eigenvalue weighted by Crippen LogP contribution is -2.37. The number of anilines is 1. The molecule has 0 aliphatic heterocycles. The topological polar surface area (TPSA) is 79.6 Å². The van der Waals surface area contributed by atoms with Crippen LogP contribution in [-0.2, 0) is 0 Å². The van der Waals surface area contributed by atoms with E-state index in [0.717, 1.165) is 15.8 Å². The average molecular weight is 421 g/mol. The van der Waals surface area contributed by atoms with Crippen molar-refractivity contribution in [3.8, 4) is 0 Å². The van der Waals surface area contributed by atoms with Crippen LogP contribution < -0.4 is 4.90 Å². The Hall–Kier alpha value is -2.55. The highest BCUT2D eigenvalue weighted by atomic mass is 35.5. The summed E-state index contributed by atoms with van der Waals surface area (Å²) in [4.78, 5) is 32.2. The summed E-state index contributed by atoms with van der Waals surface area (Å²) in [5, 5.41) is 11.9. The lowest BCUT2D eigenvalue weighted by molar-refractivity contribution is -0.385. The Balaban J connectivity index is 0.00000280. The molecule has 7 nitrogen and oxygen atoms in total. The Morgan fingerprint density at radius 2 is 1.86 bits per heavy atom. The summed E-state index contributed by atoms with van der Waals surface area (Å²) in [7, 11) is 3.83. The molecule has 1 amide bonds. The second-order valence-corrected chi connectivity index (χ2v) is 7.46. The van der Waals surface area contributed by atoms with Crippen LogP contribution in [0.5, 0.6) is 0 Å². The van der Waals surface area contributed by atoms with Gasteiger partial charge in [0.1, 0.15) is 5.56 Å². The molecular weight excluding hydrogens is 400 g/mol. The maximum absolute atomic E-state index is 13.2. The van der Waals surface area contributed by atoms with Crippen LogP contribution in [-0.4, -0.2) is 47.9 Å². The highest BCUT2D eigenvalue weighted by Gasteiger charge is 2.27. The molecule has 0 radical (unpaired) electrons. The number of rotatable bonds is 6. The quantitative estimate of drug-likeness (QED) is 0.442. The summed E-state index contributed by atoms with van der Waals surface area (Å²) < 4.78 is 0.982. The second kappa shape index (κ2) is 9.09. The van der Waals surface area contributed by atoms with E-state index in [4.69, 9.17) is 0 Å². The van der Waals surface area contributed by atoms with Crippen molar-refractivity contribution in [3.63, 3.8) is 0 Å². The van der Waals surface area contributed by atoms with E-state index in [1.807, 2.05) is 44.1 Å². The number of nitrogens with zero attached hydrogens (tertiary/aromatic N) is 4. The molecule has 9 heteroatoms. The number of fused-ring (bicyclic) bond motifs is 1. The fourth-order valence-corrected chi connectivity index (χ4v) is 3.80. The van der Waals surface area contributed by atoms with Crippen LogP contribution >= 0.6 is 23.7 Å². The first-order valence-electron chi connectivity index (χ1n) is 8.44. The molecule has 1 heterocycles. The van der Waals surface area contributed by atoms with Crippen molar-refractivity contribution in [2.75, 3.05) is 32.1 Å². The minimum atomic E-state index is -0.528. The number of amides is 1. The van der Waals surface area contributed by atoms with Crippen LogP contribution in [0.2, 0.25) is 0 Å². The number of aryl methyl sites for hydroxylation is 1. The zero-order chi connectivity index (χ0) is 19.6. The van der Waals surface area contributed by atoms with E-state index < -0.39 is 10.8 Å². The van der Waals surface area contributed by atoms with Gasteiger partial charge in [0, 0.05) is 19.2 Å². The zero-order valence-electron chi connectivity index (χ0n) is 15.8. The van der Waals surface area contributed by atoms with Crippen molar-refractivity contribution < 1.29 is 9.72 Å². The third kappa shape index (κ3) is 4.46. The van der Waals surface area contributed by atoms with Crippen LogP contribution in [0.25, 0.3) is 10.2 Å². The summed E-state index contributed by atoms with van der Waals surface area (Å²) in [6, 6.07) is 11.9. The van der Waals surface area contributed by atoms with Crippen molar-refractivity contribution in [3.05, 3.63) is 63.7 Å². The number of hydrogen-bond donors (Lipinski definition) is 0. The number of halogens is 1. The highest BCUT2D eigenvalue weighted by Crippen LogP contribution is 2.32. The maximum Gasteiger partial charge on any atom is 0.282 e. The molecule has 0 N–H and O–H groups in total. The Kier molecular flexibility index (Phi) is 7.06. The van der Waals surface area contributed by atoms with E-state index in [0.29, 0.717) is 18.2 Å². The number of nitro benzene ring substituents is 1. The van der Waals surface area contributed by atoms with Crippen molar-refractivity contribution in [2.45, 2.75) is 6.92 Å². The van der Waals surface area contributed by atoms with Gasteiger partial charge < -0.3 is 4.90 Å². The molecule has 3 rings (SSSR count). The van der Waals surface area contributed by atoms with Gasteiger partial charge in [-0.25, -0.2) is 4.98 Å². The van der Waals surface area contributed by atoms with Gasteiger partial charge in [0.25, 0.3) is 11.6 Å². The molecule has 0 bridgehead atoms. The molecule has 0 unspecified atom stereocenters. The smallest absolute Gasteiger partial charge is 0.282 e. The summed E-state index contributed by atoms with van der Waals surface area (Å²) in [6.45, 7) is 2.97. The molecular formula is C19H21ClN4O3S. The summed E-state index contributed by atoms with van der Waals surface area (Å²) in [5.41, 5.74) is 1.75. The lowest BCUT2D eigenvalue weighted by atomic mass is 10.1. The SMILES string of the molecule is Cc1cccc2sc(N(CCN(C)C)C(=O)c3ccccc3[N+](=O)[O-])nc12.Cl. The van der Waals surface area contributed by atoms with Crippen LogP contribution in [0.4, 0.5) is 10.8 Å². The molecule has 3 aromatic rings. The van der Waals surface area contributed by atoms with E-state index in [-0.39, 0.29) is 23.7 Å². The lowest BCUT2D eigenvalue weighted by Gasteiger charge is -2.21. The standard InChI is InChI=1S/C19H20N4O3S.ClH/c1-13-7-6-10-16-17(13)20-19(27-16)22(12-11-21(2)3)18(24)14-8-4-5-9-15(14)23(25)26;/h4-10H,11-12H2,1-3H3;1H. The molecule has 0 saturated heterocycles. The number of hydrogen-bond acceptors (Lipinski definition) is 6. The van der Waals surface area contributed by atoms with Gasteiger partial charge in [0.05, 0.1) is 15.1 Å². The molecule has 0 aliphatic rings. The van der Waals surface area contributed by atoms with Gasteiger partial charge in [-0.2, -0.15) is 0 Å². The molecule has 0 saturated carbocycles. The number of para-hydroxylation sites is 2. The fraction of sp³-hybridized carbons (Fsp3) is 0.263. The average Bonchev–Trinajstić information content (AvgIpc) is 3.06. The first-order chi connectivity index (χ1) is 12.9. The molecule has 0 fully saturated rings. The van der Waals surface area contributed by atoms with Gasteiger partial charge in [0.15, 0.2) is 5.13 Å². The minimum absolute atomic E-state index is 0. The number of nitro groups is 1. The van der Waals surface area contributed by atoms with E-state index in [1.54, 1.807) is 12.1 Å². The van der Waals surface area contributed by atoms with Crippen LogP contribution in [0.3, 0.4) is 0 Å². The number of carbonyl (C=O) groups is 1. The molecule has 1 aromatic heterocycles. The Morgan fingerprint density at radius 3 is 2.50 bits per heavy atom. The number of likely N-dealkylation sites (N-methyl/N-ethyl adjacent to an activating group) is 1. The van der Waals surface area contributed by atoms with E-state index in [1.165, 1.54) is 28.4 Å². The third-order valence-corrected chi connectivity index (χ3v) is 5.23. The predicted molar refractivity (Wildman–Crippen MR) is 115 cm³/mol. The number of benzene rings is 2. The van der Waals surface area contributed by atoms with E-state index in [2.05, 4.69) is 4.98 Å². The van der Waals surface area contributed by atoms with Crippen molar-refractivity contribution >= 4 is 50.7 Å². The molecule has 0 aliphatic carbocycles. The third-order valence-electron chi connectivity index (χ3n) is 4.19. The highest BCUT2D eigenvalue weighted by molar-refractivity contribution is 7.22. The van der Waals surface area contributed by atoms with Gasteiger partial charge in [-0.15, -0.1) is 12.4 Å². The van der Waals surface area contributed by atoms with Gasteiger partial charge in [-0.1, -0.05) is 35.6 Å². The minimum Gasteiger partial charge on any atom is -0.308 e. The van der Waals surface area contributed by atoms with Gasteiger partial charge in [-0.3, -0.25) is 19.8 Å². The molecule has 0 atom stereocenters. The van der Waals surface area contributed by atoms with Gasteiger partial charge >= 0.3 is 0 Å². The molecule has 0 spiro atoms. The summed E-state index contributed by atoms with van der Waals surface area (Å²) in [5.74, 6) is -0.416. The van der Waals surface area contributed by atoms with Crippen molar-refractivity contribution in [2.24, 2.45) is 0 Å². The van der Waals surface area contributed by atoms with Crippen LogP contribution in [0, 0.1) is 17.0 Å². The normalized spacial score (nSPS) is 10.7. The summed E-state index contributed by atoms with van der Waals surface area (Å²) in [6.07, 6.45) is 0. The first kappa shape index (κ1) is 21.7. The van der Waals surface area contributed by atoms with Gasteiger partial charge in [-0.05, 0) is 38.7 Å². The fourth-order valence-electron chi connectivity index (χ4n) is 2.73. The Morgan fingerprint density at radius 1 is 1.14 bits per heavy atom. The second-order valence-electron chi connectivity index (χ2n) is 6.45. The molecule has 28 heavy (non-hydrogen) atoms. The van der Waals surface area contributed by atoms with E-state index >= 15 is 0 Å². The van der Waals surface area contributed by atoms with E-state index in [9.17, 15) is 14.9 Å². The molecule has 2 aromatic carbocycles. The maximum atomic E-state index is 13.2.